The molecule has 90 valence electrons. The molecule has 0 aliphatic carbocycles. The van der Waals surface area contributed by atoms with E-state index in [0.29, 0.717) is 5.82 Å². The van der Waals surface area contributed by atoms with Crippen LogP contribution in [-0.4, -0.2) is 28.5 Å². The number of nitrogens with one attached hydrogen (secondary N) is 2. The molecule has 1 heterocycles. The molecule has 0 amide bonds. The van der Waals surface area contributed by atoms with Crippen molar-refractivity contribution in [1.82, 2.24) is 9.97 Å². The van der Waals surface area contributed by atoms with Crippen molar-refractivity contribution in [3.63, 3.8) is 0 Å². The molecule has 0 saturated carbocycles. The topological polar surface area (TPSA) is 75.9 Å². The monoisotopic (exact) mass is 241 g/mol. The van der Waals surface area contributed by atoms with Gasteiger partial charge in [0.1, 0.15) is 18.0 Å². The van der Waals surface area contributed by atoms with Gasteiger partial charge in [-0.15, -0.1) is 0 Å². The SMILES string of the molecule is CCc1c(NN)ncnc1NCCCSC. The number of nitrogens with two attached hydrogens (primary N) is 1. The lowest BCUT2D eigenvalue weighted by Crippen LogP contribution is -2.14. The molecule has 0 aliphatic heterocycles. The Labute approximate surface area is 101 Å². The summed E-state index contributed by atoms with van der Waals surface area (Å²) in [6.45, 7) is 2.99. The molecule has 0 radical (unpaired) electrons. The van der Waals surface area contributed by atoms with Crippen LogP contribution in [0.1, 0.15) is 18.9 Å². The van der Waals surface area contributed by atoms with E-state index in [1.807, 2.05) is 11.8 Å². The first-order valence-electron chi connectivity index (χ1n) is 5.36. The van der Waals surface area contributed by atoms with Crippen molar-refractivity contribution in [3.05, 3.63) is 11.9 Å². The lowest BCUT2D eigenvalue weighted by molar-refractivity contribution is 0.956. The Kier molecular flexibility index (Phi) is 5.95. The minimum atomic E-state index is 0.699. The lowest BCUT2D eigenvalue weighted by Gasteiger charge is -2.12. The molecular formula is C10H19N5S. The number of anilines is 2. The van der Waals surface area contributed by atoms with E-state index in [1.165, 1.54) is 6.33 Å². The molecule has 5 nitrogen and oxygen atoms in total. The number of rotatable bonds is 7. The van der Waals surface area contributed by atoms with Crippen LogP contribution in [0.2, 0.25) is 0 Å². The predicted molar refractivity (Wildman–Crippen MR) is 70.7 cm³/mol. The van der Waals surface area contributed by atoms with Crippen LogP contribution in [0.15, 0.2) is 6.33 Å². The van der Waals surface area contributed by atoms with Crippen molar-refractivity contribution in [3.8, 4) is 0 Å². The van der Waals surface area contributed by atoms with Gasteiger partial charge in [-0.1, -0.05) is 6.92 Å². The maximum atomic E-state index is 5.40. The van der Waals surface area contributed by atoms with E-state index in [4.69, 9.17) is 5.84 Å². The van der Waals surface area contributed by atoms with Crippen molar-refractivity contribution in [1.29, 1.82) is 0 Å². The number of hydrazine groups is 1. The fourth-order valence-corrected chi connectivity index (χ4v) is 1.88. The summed E-state index contributed by atoms with van der Waals surface area (Å²) in [4.78, 5) is 8.31. The molecule has 0 aromatic carbocycles. The zero-order valence-corrected chi connectivity index (χ0v) is 10.6. The van der Waals surface area contributed by atoms with Crippen LogP contribution < -0.4 is 16.6 Å². The first kappa shape index (κ1) is 13.1. The molecule has 4 N–H and O–H groups in total. The maximum absolute atomic E-state index is 5.40. The minimum Gasteiger partial charge on any atom is -0.370 e. The van der Waals surface area contributed by atoms with Gasteiger partial charge in [0.2, 0.25) is 0 Å². The summed E-state index contributed by atoms with van der Waals surface area (Å²) in [6.07, 6.45) is 5.61. The van der Waals surface area contributed by atoms with Crippen molar-refractivity contribution >= 4 is 23.4 Å². The molecule has 1 aromatic rings. The summed E-state index contributed by atoms with van der Waals surface area (Å²) in [7, 11) is 0. The third-order valence-electron chi connectivity index (χ3n) is 2.25. The van der Waals surface area contributed by atoms with Crippen LogP contribution in [0.5, 0.6) is 0 Å². The first-order chi connectivity index (χ1) is 7.83. The predicted octanol–water partition coefficient (Wildman–Crippen LogP) is 1.49. The van der Waals surface area contributed by atoms with Crippen LogP contribution in [0.4, 0.5) is 11.6 Å². The van der Waals surface area contributed by atoms with E-state index < -0.39 is 0 Å². The summed E-state index contributed by atoms with van der Waals surface area (Å²) in [5.41, 5.74) is 3.63. The highest BCUT2D eigenvalue weighted by Crippen LogP contribution is 2.19. The Hall–Kier alpha value is -1.01. The van der Waals surface area contributed by atoms with Gasteiger partial charge < -0.3 is 10.7 Å². The van der Waals surface area contributed by atoms with Crippen LogP contribution in [-0.2, 0) is 6.42 Å². The normalized spacial score (nSPS) is 10.2. The van der Waals surface area contributed by atoms with Crippen LogP contribution in [0.3, 0.4) is 0 Å². The van der Waals surface area contributed by atoms with Crippen molar-refractivity contribution in [2.75, 3.05) is 29.3 Å². The number of hydrogen-bond acceptors (Lipinski definition) is 6. The van der Waals surface area contributed by atoms with Gasteiger partial charge >= 0.3 is 0 Å². The van der Waals surface area contributed by atoms with Crippen LogP contribution in [0, 0.1) is 0 Å². The Morgan fingerprint density at radius 2 is 2.12 bits per heavy atom. The quantitative estimate of drug-likeness (QED) is 0.381. The molecule has 0 spiro atoms. The molecule has 0 saturated heterocycles. The number of aromatic nitrogens is 2. The van der Waals surface area contributed by atoms with E-state index in [9.17, 15) is 0 Å². The van der Waals surface area contributed by atoms with Gasteiger partial charge in [0.05, 0.1) is 0 Å². The van der Waals surface area contributed by atoms with Gasteiger partial charge in [0.25, 0.3) is 0 Å². The van der Waals surface area contributed by atoms with Gasteiger partial charge in [0.15, 0.2) is 0 Å². The van der Waals surface area contributed by atoms with Gasteiger partial charge in [-0.2, -0.15) is 11.8 Å². The largest absolute Gasteiger partial charge is 0.370 e. The smallest absolute Gasteiger partial charge is 0.148 e. The minimum absolute atomic E-state index is 0.699. The fourth-order valence-electron chi connectivity index (χ4n) is 1.45. The summed E-state index contributed by atoms with van der Waals surface area (Å²) >= 11 is 1.85. The molecule has 0 aliphatic rings. The van der Waals surface area contributed by atoms with E-state index in [-0.39, 0.29) is 0 Å². The Morgan fingerprint density at radius 3 is 2.75 bits per heavy atom. The summed E-state index contributed by atoms with van der Waals surface area (Å²) in [5.74, 6) is 8.13. The van der Waals surface area contributed by atoms with Crippen LogP contribution in [0.25, 0.3) is 0 Å². The third kappa shape index (κ3) is 3.53. The van der Waals surface area contributed by atoms with Crippen molar-refractivity contribution < 1.29 is 0 Å². The van der Waals surface area contributed by atoms with Gasteiger partial charge in [-0.25, -0.2) is 15.8 Å². The second-order valence-corrected chi connectivity index (χ2v) is 4.31. The Balaban J connectivity index is 2.63. The Morgan fingerprint density at radius 1 is 1.38 bits per heavy atom. The number of nitrogens with zero attached hydrogens (tertiary/aromatic N) is 2. The zero-order chi connectivity index (χ0) is 11.8. The molecular weight excluding hydrogens is 222 g/mol. The lowest BCUT2D eigenvalue weighted by atomic mass is 10.2. The maximum Gasteiger partial charge on any atom is 0.148 e. The number of hydrogen-bond donors (Lipinski definition) is 3. The Bertz CT molecular complexity index is 318. The molecule has 0 bridgehead atoms. The third-order valence-corrected chi connectivity index (χ3v) is 2.95. The van der Waals surface area contributed by atoms with Gasteiger partial charge in [-0.05, 0) is 24.9 Å². The average Bonchev–Trinajstić information content (AvgIpc) is 2.34. The highest BCUT2D eigenvalue weighted by molar-refractivity contribution is 7.98. The molecule has 1 rings (SSSR count). The van der Waals surface area contributed by atoms with E-state index >= 15 is 0 Å². The van der Waals surface area contributed by atoms with Crippen molar-refractivity contribution in [2.45, 2.75) is 19.8 Å². The first-order valence-corrected chi connectivity index (χ1v) is 6.76. The molecule has 0 fully saturated rings. The summed E-state index contributed by atoms with van der Waals surface area (Å²) in [6, 6.07) is 0. The number of nitrogen functional groups attached to an aromatic ring is 1. The molecule has 6 heteroatoms. The fraction of sp³-hybridized carbons (Fsp3) is 0.600. The standard InChI is InChI=1S/C10H19N5S/c1-3-8-9(12-5-4-6-16-2)13-7-14-10(8)15-11/h7H,3-6,11H2,1-2H3,(H2,12,13,14,15). The van der Waals surface area contributed by atoms with E-state index in [1.54, 1.807) is 0 Å². The molecule has 1 aromatic heterocycles. The average molecular weight is 241 g/mol. The van der Waals surface area contributed by atoms with E-state index in [2.05, 4.69) is 33.9 Å². The number of thioether (sulfide) groups is 1. The summed E-state index contributed by atoms with van der Waals surface area (Å²) < 4.78 is 0. The molecule has 0 unspecified atom stereocenters. The van der Waals surface area contributed by atoms with E-state index in [0.717, 1.165) is 36.5 Å². The second kappa shape index (κ2) is 7.29. The molecule has 0 atom stereocenters. The highest BCUT2D eigenvalue weighted by Gasteiger charge is 2.07. The second-order valence-electron chi connectivity index (χ2n) is 3.32. The van der Waals surface area contributed by atoms with Gasteiger partial charge in [-0.3, -0.25) is 0 Å². The summed E-state index contributed by atoms with van der Waals surface area (Å²) in [5, 5.41) is 3.31. The van der Waals surface area contributed by atoms with Crippen molar-refractivity contribution in [2.24, 2.45) is 5.84 Å². The highest BCUT2D eigenvalue weighted by atomic mass is 32.2. The van der Waals surface area contributed by atoms with Gasteiger partial charge in [0, 0.05) is 12.1 Å². The molecule has 16 heavy (non-hydrogen) atoms. The van der Waals surface area contributed by atoms with Crippen LogP contribution >= 0.6 is 11.8 Å². The zero-order valence-electron chi connectivity index (χ0n) is 9.79.